The van der Waals surface area contributed by atoms with Crippen LogP contribution in [0.1, 0.15) is 0 Å². The van der Waals surface area contributed by atoms with Crippen LogP contribution in [0.4, 0.5) is 11.8 Å². The van der Waals surface area contributed by atoms with Crippen LogP contribution in [-0.4, -0.2) is 30.0 Å². The normalized spacial score (nSPS) is 10.3. The van der Waals surface area contributed by atoms with Gasteiger partial charge in [0.15, 0.2) is 5.82 Å². The van der Waals surface area contributed by atoms with Gasteiger partial charge in [-0.2, -0.15) is 5.10 Å². The van der Waals surface area contributed by atoms with E-state index in [1.807, 2.05) is 19.3 Å². The number of rotatable bonds is 2. The van der Waals surface area contributed by atoms with Crippen molar-refractivity contribution in [1.82, 2.24) is 30.0 Å². The van der Waals surface area contributed by atoms with E-state index in [0.29, 0.717) is 5.95 Å². The van der Waals surface area contributed by atoms with E-state index in [2.05, 4.69) is 25.9 Å². The highest BCUT2D eigenvalue weighted by Gasteiger charge is 2.02. The minimum atomic E-state index is 0.568. The molecule has 0 aliphatic carbocycles. The van der Waals surface area contributed by atoms with Gasteiger partial charge in [-0.05, 0) is 10.4 Å². The third kappa shape index (κ3) is 1.48. The maximum atomic E-state index is 4.12. The van der Waals surface area contributed by atoms with E-state index in [9.17, 15) is 0 Å². The fourth-order valence-electron chi connectivity index (χ4n) is 0.932. The number of hydrogen-bond acceptors (Lipinski definition) is 5. The average molecular weight is 179 g/mol. The topological polar surface area (TPSA) is 73.5 Å². The molecule has 0 aliphatic rings. The maximum Gasteiger partial charge on any atom is 0.248 e. The average Bonchev–Trinajstić information content (AvgIpc) is 2.64. The lowest BCUT2D eigenvalue weighted by atomic mass is 10.6. The summed E-state index contributed by atoms with van der Waals surface area (Å²) in [6.45, 7) is 0. The molecule has 0 saturated carbocycles. The second-order valence-corrected chi connectivity index (χ2v) is 2.63. The van der Waals surface area contributed by atoms with Crippen molar-refractivity contribution in [3.8, 4) is 0 Å². The van der Waals surface area contributed by atoms with Gasteiger partial charge in [0.1, 0.15) is 0 Å². The van der Waals surface area contributed by atoms with Gasteiger partial charge in [-0.1, -0.05) is 5.10 Å². The van der Waals surface area contributed by atoms with E-state index in [-0.39, 0.29) is 0 Å². The van der Waals surface area contributed by atoms with Crippen molar-refractivity contribution in [1.29, 1.82) is 0 Å². The summed E-state index contributed by atoms with van der Waals surface area (Å²) >= 11 is 0. The number of anilines is 2. The van der Waals surface area contributed by atoms with E-state index in [1.54, 1.807) is 11.7 Å². The first kappa shape index (κ1) is 7.71. The molecular formula is C6H9N7. The monoisotopic (exact) mass is 179 g/mol. The van der Waals surface area contributed by atoms with Crippen molar-refractivity contribution >= 4 is 11.8 Å². The Morgan fingerprint density at radius 1 is 1.38 bits per heavy atom. The molecule has 0 saturated heterocycles. The summed E-state index contributed by atoms with van der Waals surface area (Å²) in [4.78, 5) is 0. The van der Waals surface area contributed by atoms with E-state index in [4.69, 9.17) is 0 Å². The van der Waals surface area contributed by atoms with Gasteiger partial charge < -0.3 is 5.32 Å². The number of aryl methyl sites for hydroxylation is 2. The molecule has 0 aromatic carbocycles. The fraction of sp³-hybridized carbons (Fsp3) is 0.333. The summed E-state index contributed by atoms with van der Waals surface area (Å²) in [7, 11) is 3.60. The van der Waals surface area contributed by atoms with Crippen LogP contribution in [-0.2, 0) is 14.1 Å². The van der Waals surface area contributed by atoms with Gasteiger partial charge in [0, 0.05) is 26.4 Å². The van der Waals surface area contributed by atoms with Gasteiger partial charge in [0.25, 0.3) is 0 Å². The number of tetrazole rings is 1. The van der Waals surface area contributed by atoms with Crippen LogP contribution in [0.2, 0.25) is 0 Å². The molecule has 1 N–H and O–H groups in total. The van der Waals surface area contributed by atoms with E-state index in [0.717, 1.165) is 5.82 Å². The fourth-order valence-corrected chi connectivity index (χ4v) is 0.932. The Bertz CT molecular complexity index is 401. The number of aromatic nitrogens is 6. The van der Waals surface area contributed by atoms with Crippen LogP contribution in [0.15, 0.2) is 12.3 Å². The molecule has 0 atom stereocenters. The molecule has 68 valence electrons. The molecule has 0 amide bonds. The van der Waals surface area contributed by atoms with Crippen molar-refractivity contribution in [3.05, 3.63) is 12.3 Å². The molecule has 7 nitrogen and oxygen atoms in total. The van der Waals surface area contributed by atoms with Crippen molar-refractivity contribution < 1.29 is 0 Å². The molecule has 7 heteroatoms. The van der Waals surface area contributed by atoms with E-state index >= 15 is 0 Å². The first-order valence-corrected chi connectivity index (χ1v) is 3.75. The summed E-state index contributed by atoms with van der Waals surface area (Å²) in [6, 6.07) is 1.84. The Morgan fingerprint density at radius 2 is 2.23 bits per heavy atom. The van der Waals surface area contributed by atoms with Gasteiger partial charge >= 0.3 is 0 Å². The molecule has 2 aromatic rings. The third-order valence-electron chi connectivity index (χ3n) is 1.57. The quantitative estimate of drug-likeness (QED) is 0.684. The number of hydrogen-bond donors (Lipinski definition) is 1. The highest BCUT2D eigenvalue weighted by molar-refractivity contribution is 5.45. The molecular weight excluding hydrogens is 170 g/mol. The van der Waals surface area contributed by atoms with Crippen LogP contribution in [0.3, 0.4) is 0 Å². The molecule has 0 radical (unpaired) electrons. The number of nitrogens with zero attached hydrogens (tertiary/aromatic N) is 6. The Balaban J connectivity index is 2.19. The highest BCUT2D eigenvalue weighted by Crippen LogP contribution is 2.07. The maximum absolute atomic E-state index is 4.12. The first-order valence-electron chi connectivity index (χ1n) is 3.75. The third-order valence-corrected chi connectivity index (χ3v) is 1.57. The van der Waals surface area contributed by atoms with E-state index < -0.39 is 0 Å². The molecule has 2 aromatic heterocycles. The van der Waals surface area contributed by atoms with Gasteiger partial charge in [-0.25, -0.2) is 4.68 Å². The second kappa shape index (κ2) is 2.85. The molecule has 0 fully saturated rings. The zero-order valence-electron chi connectivity index (χ0n) is 7.34. The first-order chi connectivity index (χ1) is 6.25. The summed E-state index contributed by atoms with van der Waals surface area (Å²) in [5.74, 6) is 1.29. The lowest BCUT2D eigenvalue weighted by molar-refractivity contribution is 0.714. The minimum Gasteiger partial charge on any atom is -0.306 e. The molecule has 2 heterocycles. The molecule has 0 aliphatic heterocycles. The second-order valence-electron chi connectivity index (χ2n) is 2.63. The molecule has 13 heavy (non-hydrogen) atoms. The van der Waals surface area contributed by atoms with Gasteiger partial charge in [0.2, 0.25) is 5.95 Å². The lowest BCUT2D eigenvalue weighted by Crippen LogP contribution is -2.01. The zero-order valence-corrected chi connectivity index (χ0v) is 7.34. The van der Waals surface area contributed by atoms with Crippen molar-refractivity contribution in [3.63, 3.8) is 0 Å². The Labute approximate surface area is 74.4 Å². The molecule has 0 spiro atoms. The summed E-state index contributed by atoms with van der Waals surface area (Å²) in [6.07, 6.45) is 1.84. The predicted molar refractivity (Wildman–Crippen MR) is 45.3 cm³/mol. The Morgan fingerprint density at radius 3 is 2.77 bits per heavy atom. The largest absolute Gasteiger partial charge is 0.306 e. The van der Waals surface area contributed by atoms with Crippen molar-refractivity contribution in [2.45, 2.75) is 0 Å². The van der Waals surface area contributed by atoms with Gasteiger partial charge in [-0.15, -0.1) is 0 Å². The van der Waals surface area contributed by atoms with Gasteiger partial charge in [0.05, 0.1) is 0 Å². The Kier molecular flexibility index (Phi) is 1.69. The molecule has 0 bridgehead atoms. The highest BCUT2D eigenvalue weighted by atomic mass is 15.6. The summed E-state index contributed by atoms with van der Waals surface area (Å²) in [5, 5.41) is 18.0. The lowest BCUT2D eigenvalue weighted by Gasteiger charge is -1.97. The smallest absolute Gasteiger partial charge is 0.248 e. The van der Waals surface area contributed by atoms with Crippen molar-refractivity contribution in [2.75, 3.05) is 5.32 Å². The van der Waals surface area contributed by atoms with Crippen LogP contribution < -0.4 is 5.32 Å². The Hall–Kier alpha value is -1.92. The molecule has 2 rings (SSSR count). The summed E-state index contributed by atoms with van der Waals surface area (Å²) < 4.78 is 3.24. The van der Waals surface area contributed by atoms with Crippen LogP contribution in [0.5, 0.6) is 0 Å². The summed E-state index contributed by atoms with van der Waals surface area (Å²) in [5.41, 5.74) is 0. The molecule has 0 unspecified atom stereocenters. The number of nitrogens with one attached hydrogen (secondary N) is 1. The van der Waals surface area contributed by atoms with E-state index in [1.165, 1.54) is 4.68 Å². The predicted octanol–water partition coefficient (Wildman–Crippen LogP) is -0.313. The van der Waals surface area contributed by atoms with Crippen LogP contribution >= 0.6 is 0 Å². The minimum absolute atomic E-state index is 0.568. The van der Waals surface area contributed by atoms with Crippen LogP contribution in [0, 0.1) is 0 Å². The standard InChI is InChI=1S/C6H9N7/c1-12-4-3-5(9-12)7-6-8-10-11-13(6)2/h3-4H,1-2H3,(H,7,8,9,11). The van der Waals surface area contributed by atoms with Gasteiger partial charge in [-0.3, -0.25) is 4.68 Å². The van der Waals surface area contributed by atoms with Crippen LogP contribution in [0.25, 0.3) is 0 Å². The SMILES string of the molecule is Cn1ccc(Nc2nnnn2C)n1. The van der Waals surface area contributed by atoms with Crippen molar-refractivity contribution in [2.24, 2.45) is 14.1 Å². The zero-order chi connectivity index (χ0) is 9.26.